The molecule has 1 unspecified atom stereocenters. The second kappa shape index (κ2) is 48.1. The summed E-state index contributed by atoms with van der Waals surface area (Å²) in [5.41, 5.74) is 6.12. The first-order valence-electron chi connectivity index (χ1n) is 29.7. The van der Waals surface area contributed by atoms with E-state index in [2.05, 4.69) is 57.4 Å². The molecule has 26 heteroatoms. The molecule has 6 fully saturated rings. The van der Waals surface area contributed by atoms with Gasteiger partial charge in [-0.2, -0.15) is 0 Å². The average molecular weight is 1310 g/mol. The minimum absolute atomic E-state index is 0. The number of hydrogen-bond donors (Lipinski definition) is 6. The van der Waals surface area contributed by atoms with E-state index < -0.39 is 40.5 Å². The number of rotatable bonds is 16. The minimum atomic E-state index is -3.45. The first-order valence-corrected chi connectivity index (χ1v) is 35.1. The van der Waals surface area contributed by atoms with Crippen molar-refractivity contribution in [3.8, 4) is 0 Å². The number of carbonyl (C=O) groups is 4. The van der Waals surface area contributed by atoms with Crippen molar-refractivity contribution in [2.45, 2.75) is 198 Å². The number of piperidine rings is 3. The Labute approximate surface area is 516 Å². The third-order valence-electron chi connectivity index (χ3n) is 17.0. The third kappa shape index (κ3) is 31.3. The molecular formula is C56H118B3N6O13P3Rh+2. The van der Waals surface area contributed by atoms with Crippen LogP contribution >= 0.6 is 23.4 Å². The van der Waals surface area contributed by atoms with E-state index in [4.69, 9.17) is 14.5 Å². The van der Waals surface area contributed by atoms with Crippen LogP contribution in [0.3, 0.4) is 0 Å². The fourth-order valence-electron chi connectivity index (χ4n) is 11.6. The monoisotopic (exact) mass is 1310 g/mol. The maximum absolute atomic E-state index is 11.7. The number of Topliss-reactive ketones (excluding diaryl/α,β-unsaturated/α-hetero) is 1. The summed E-state index contributed by atoms with van der Waals surface area (Å²) >= 11 is 0. The zero-order valence-electron chi connectivity index (χ0n) is 54.2. The molecule has 0 aromatic rings. The molecule has 0 aromatic heterocycles. The fourth-order valence-corrected chi connectivity index (χ4v) is 21.2. The normalized spacial score (nSPS) is 22.6. The van der Waals surface area contributed by atoms with Crippen LogP contribution < -0.4 is 16.0 Å². The van der Waals surface area contributed by atoms with Crippen molar-refractivity contribution in [3.63, 3.8) is 0 Å². The Morgan fingerprint density at radius 3 is 1.20 bits per heavy atom. The van der Waals surface area contributed by atoms with Crippen molar-refractivity contribution in [2.75, 3.05) is 108 Å². The van der Waals surface area contributed by atoms with E-state index in [9.17, 15) is 33.8 Å². The molecule has 6 rings (SSSR count). The Morgan fingerprint density at radius 2 is 0.915 bits per heavy atom. The second-order valence-corrected chi connectivity index (χ2v) is 31.8. The summed E-state index contributed by atoms with van der Waals surface area (Å²) in [7, 11) is 6.76. The van der Waals surface area contributed by atoms with Crippen LogP contribution in [0.15, 0.2) is 11.3 Å². The van der Waals surface area contributed by atoms with Gasteiger partial charge in [0.15, 0.2) is 0 Å². The van der Waals surface area contributed by atoms with Gasteiger partial charge in [0, 0.05) is 50.0 Å². The molecule has 0 amide bonds. The fraction of sp³-hybridized carbons (Fsp3) is 0.857. The number of ketones is 1. The van der Waals surface area contributed by atoms with Gasteiger partial charge in [0.2, 0.25) is 5.78 Å². The van der Waals surface area contributed by atoms with Gasteiger partial charge in [-0.25, -0.2) is 9.59 Å². The maximum Gasteiger partial charge on any atom is 2.00 e. The van der Waals surface area contributed by atoms with E-state index in [1.807, 2.05) is 14.4 Å². The summed E-state index contributed by atoms with van der Waals surface area (Å²) in [6.45, 7) is 20.1. The topological polar surface area (TPSA) is 238 Å². The van der Waals surface area contributed by atoms with Gasteiger partial charge >= 0.3 is 66.1 Å². The van der Waals surface area contributed by atoms with Crippen LogP contribution in [-0.2, 0) is 66.5 Å². The van der Waals surface area contributed by atoms with Crippen LogP contribution in [0.2, 0.25) is 20.5 Å². The van der Waals surface area contributed by atoms with Crippen LogP contribution in [0.5, 0.6) is 0 Å². The summed E-state index contributed by atoms with van der Waals surface area (Å²) in [5, 5.41) is 36.3. The first kappa shape index (κ1) is 85.3. The third-order valence-corrected chi connectivity index (χ3v) is 27.5. The molecule has 1 aliphatic carbocycles. The van der Waals surface area contributed by atoms with Crippen LogP contribution in [0, 0.1) is 20.8 Å². The quantitative estimate of drug-likeness (QED) is 0.0215. The first-order chi connectivity index (χ1) is 37.5. The molecule has 0 aromatic carbocycles. The van der Waals surface area contributed by atoms with Gasteiger partial charge in [-0.15, -0.1) is 0 Å². The van der Waals surface area contributed by atoms with E-state index in [0.717, 1.165) is 93.2 Å². The van der Waals surface area contributed by atoms with Crippen LogP contribution in [0.25, 0.3) is 0 Å². The zero-order valence-corrected chi connectivity index (χ0v) is 58.7. The summed E-state index contributed by atoms with van der Waals surface area (Å²) in [4.78, 5) is 50.7. The maximum atomic E-state index is 11.7. The number of nitrogens with zero attached hydrogens (tertiary/aromatic N) is 3. The van der Waals surface area contributed by atoms with Gasteiger partial charge in [-0.1, -0.05) is 51.4 Å². The summed E-state index contributed by atoms with van der Waals surface area (Å²) in [6.07, 6.45) is 26.1. The van der Waals surface area contributed by atoms with Crippen molar-refractivity contribution in [1.29, 1.82) is 0 Å². The van der Waals surface area contributed by atoms with Crippen LogP contribution in [0.1, 0.15) is 143 Å². The Morgan fingerprint density at radius 1 is 0.573 bits per heavy atom. The van der Waals surface area contributed by atoms with Crippen molar-refractivity contribution in [1.82, 2.24) is 30.4 Å². The van der Waals surface area contributed by atoms with Crippen molar-refractivity contribution in [2.24, 2.45) is 5.92 Å². The van der Waals surface area contributed by atoms with Gasteiger partial charge in [-0.05, 0) is 164 Å². The second-order valence-electron chi connectivity index (χ2n) is 22.2. The number of ether oxygens (including phenoxy) is 3. The average Bonchev–Trinajstić information content (AvgIpc) is 3.94. The molecule has 481 valence electrons. The number of likely N-dealkylation sites (N-methyl/N-ethyl adjacent to an activating group) is 3. The van der Waals surface area contributed by atoms with E-state index >= 15 is 0 Å². The summed E-state index contributed by atoms with van der Waals surface area (Å²) < 4.78 is 34.8. The van der Waals surface area contributed by atoms with E-state index in [-0.39, 0.29) is 68.2 Å². The predicted molar refractivity (Wildman–Crippen MR) is 344 cm³/mol. The Kier molecular flexibility index (Phi) is 50.1. The minimum Gasteiger partial charge on any atom is -0.468 e. The van der Waals surface area contributed by atoms with E-state index in [0.29, 0.717) is 30.2 Å². The number of carbonyl (C=O) groups excluding carboxylic acids is 4. The van der Waals surface area contributed by atoms with Crippen molar-refractivity contribution >= 4 is 68.3 Å². The van der Waals surface area contributed by atoms with Crippen LogP contribution in [0.4, 0.5) is 0 Å². The van der Waals surface area contributed by atoms with Gasteiger partial charge < -0.3 is 78.2 Å². The number of hydrogen-bond acceptors (Lipinski definition) is 19. The molecule has 82 heavy (non-hydrogen) atoms. The van der Waals surface area contributed by atoms with Gasteiger partial charge in [0.25, 0.3) is 0 Å². The molecule has 1 saturated carbocycles. The van der Waals surface area contributed by atoms with Crippen molar-refractivity contribution < 1.29 is 81.6 Å². The van der Waals surface area contributed by atoms with Crippen molar-refractivity contribution in [3.05, 3.63) is 26.1 Å². The van der Waals surface area contributed by atoms with E-state index in [1.54, 1.807) is 72.6 Å². The molecule has 19 nitrogen and oxygen atoms in total. The molecule has 6 N–H and O–H groups in total. The standard InChI is InChI=1S/C14H28P2.C10H21BN2O3.C10H19BN2O3.C8H16.C6H12BNO2.C6H14NO5P.2CH3.Rh/c1-11-5-6-12(2)15(11)9-10-16-13(3)7-8-14(16)4;2*1-11(15)13-6-4-8(5-7-13)9(12-2)10(14)16-3;1-2-4-6-8-7-5-3-1;1-7(10)8-4-2-6(9)3-5-8;1-7-5(6(8)10-2)13(9,11-3)12-4;;;/h11-14H,5-10H2,1-4H3;8-9,12,15H,4-7H2,1-3H3;12,15H,4-7H2,1-3H3;1-8H2;10H,2-5H2,1H3;5,7H,1-4H3;2*1H3;/q;;;;;;2*-1;+2/p+2/t11-,12-,13-,14-;9-;;;;;;;/m11......./s1. The van der Waals surface area contributed by atoms with E-state index in [1.165, 1.54) is 94.0 Å². The smallest absolute Gasteiger partial charge is 0.468 e. The molecule has 6 atom stereocenters. The molecule has 0 spiro atoms. The molecule has 5 heterocycles. The summed E-state index contributed by atoms with van der Waals surface area (Å²) in [6, 6.07) is -0.221. The molecule has 6 aliphatic rings. The van der Waals surface area contributed by atoms with Gasteiger partial charge in [0.05, 0.1) is 56.3 Å². The molecule has 5 saturated heterocycles. The largest absolute Gasteiger partial charge is 2.00 e. The molecule has 1 radical (unpaired) electrons. The molecular weight excluding hydrogens is 1190 g/mol. The van der Waals surface area contributed by atoms with Crippen LogP contribution in [-0.4, -0.2) is 217 Å². The molecule has 5 aliphatic heterocycles. The molecule has 0 bridgehead atoms. The van der Waals surface area contributed by atoms with Gasteiger partial charge in [0.1, 0.15) is 17.5 Å². The van der Waals surface area contributed by atoms with Gasteiger partial charge in [-0.3, -0.25) is 19.5 Å². The summed E-state index contributed by atoms with van der Waals surface area (Å²) in [5.74, 6) is -1.67. The Hall–Kier alpha value is -0.872. The number of nitrogens with one attached hydrogen (secondary N) is 3. The predicted octanol–water partition coefficient (Wildman–Crippen LogP) is 7.94. The Bertz CT molecular complexity index is 1710. The SMILES string of the molecule is C1CCCCCCC1.CB(O)N1CCC(=O)CC1.CNC(C(=O)OC)=C1CCN(B(C)O)CC1.CNC(C(=O)OC)P(=O)(OC)OC.CN[C@@H](C(=O)OC)C1CCN(B(C)O)CC1.C[C@@H]1CC[C@@H](C)[PH+]1CC[PH+]1[C@H](C)CC[C@H]1C.[CH3-].[CH3-].[Rh+2]. The number of esters is 3. The Balaban J connectivity index is -0.000000919. The zero-order chi connectivity index (χ0) is 59.7. The number of methoxy groups -OCH3 is 3.